The topological polar surface area (TPSA) is 88.6 Å². The van der Waals surface area contributed by atoms with Crippen LogP contribution >= 0.6 is 0 Å². The number of ketones is 1. The zero-order valence-corrected chi connectivity index (χ0v) is 22.3. The smallest absolute Gasteiger partial charge is 0.237 e. The Kier molecular flexibility index (Phi) is 6.05. The maximum Gasteiger partial charge on any atom is 0.237 e. The van der Waals surface area contributed by atoms with Gasteiger partial charge in [-0.25, -0.2) is 9.38 Å². The molecule has 38 heavy (non-hydrogen) atoms. The number of anilines is 2. The minimum absolute atomic E-state index is 0.0504. The van der Waals surface area contributed by atoms with E-state index in [0.29, 0.717) is 69.9 Å². The third-order valence-corrected chi connectivity index (χ3v) is 9.11. The van der Waals surface area contributed by atoms with E-state index >= 15 is 4.39 Å². The van der Waals surface area contributed by atoms with E-state index in [-0.39, 0.29) is 35.8 Å². The number of piperazine rings is 1. The van der Waals surface area contributed by atoms with Gasteiger partial charge in [0.2, 0.25) is 11.8 Å². The van der Waals surface area contributed by atoms with Gasteiger partial charge in [0.05, 0.1) is 23.2 Å². The van der Waals surface area contributed by atoms with Gasteiger partial charge in [0, 0.05) is 89.1 Å². The Morgan fingerprint density at radius 2 is 1.79 bits per heavy atom. The number of Topliss-reactive ketones (excluding diaryl/α,β-unsaturated/α-hetero) is 1. The van der Waals surface area contributed by atoms with Gasteiger partial charge in [-0.2, -0.15) is 0 Å². The maximum atomic E-state index is 15.9. The number of nitrogens with one attached hydrogen (secondary N) is 1. The summed E-state index contributed by atoms with van der Waals surface area (Å²) in [5.41, 5.74) is 2.66. The van der Waals surface area contributed by atoms with Crippen molar-refractivity contribution >= 4 is 34.8 Å². The first-order valence-electron chi connectivity index (χ1n) is 13.6. The predicted octanol–water partition coefficient (Wildman–Crippen LogP) is 1.67. The van der Waals surface area contributed by atoms with Gasteiger partial charge in [0.1, 0.15) is 11.7 Å². The molecule has 0 aliphatic carbocycles. The molecule has 1 aromatic rings. The van der Waals surface area contributed by atoms with Crippen LogP contribution in [-0.4, -0.2) is 92.6 Å². The normalized spacial score (nSPS) is 25.2. The fourth-order valence-corrected chi connectivity index (χ4v) is 6.86. The van der Waals surface area contributed by atoms with Crippen LogP contribution in [-0.2, 0) is 19.8 Å². The zero-order chi connectivity index (χ0) is 26.8. The average Bonchev–Trinajstić information content (AvgIpc) is 3.11. The molecule has 2 saturated heterocycles. The van der Waals surface area contributed by atoms with Gasteiger partial charge in [0.15, 0.2) is 5.78 Å². The number of rotatable bonds is 1. The molecule has 0 saturated carbocycles. The van der Waals surface area contributed by atoms with Crippen LogP contribution in [0.4, 0.5) is 15.8 Å². The molecular formula is C28H35FN6O3. The van der Waals surface area contributed by atoms with E-state index in [0.717, 1.165) is 29.3 Å². The van der Waals surface area contributed by atoms with Crippen LogP contribution in [0.25, 0.3) is 0 Å². The summed E-state index contributed by atoms with van der Waals surface area (Å²) in [4.78, 5) is 50.7. The Bertz CT molecular complexity index is 1270. The summed E-state index contributed by atoms with van der Waals surface area (Å²) < 4.78 is 15.9. The summed E-state index contributed by atoms with van der Waals surface area (Å²) in [6.07, 6.45) is 1.24. The molecule has 9 nitrogen and oxygen atoms in total. The van der Waals surface area contributed by atoms with Crippen molar-refractivity contribution in [3.63, 3.8) is 0 Å². The minimum Gasteiger partial charge on any atom is -0.368 e. The summed E-state index contributed by atoms with van der Waals surface area (Å²) in [6, 6.07) is 3.48. The van der Waals surface area contributed by atoms with E-state index < -0.39 is 5.41 Å². The van der Waals surface area contributed by atoms with E-state index in [2.05, 4.69) is 22.0 Å². The number of carbonyl (C=O) groups excluding carboxylic acids is 3. The van der Waals surface area contributed by atoms with E-state index in [1.807, 2.05) is 6.07 Å². The molecule has 10 heteroatoms. The van der Waals surface area contributed by atoms with Gasteiger partial charge in [0.25, 0.3) is 0 Å². The van der Waals surface area contributed by atoms with Crippen molar-refractivity contribution in [1.82, 2.24) is 15.1 Å². The zero-order valence-electron chi connectivity index (χ0n) is 22.3. The summed E-state index contributed by atoms with van der Waals surface area (Å²) in [6.45, 7) is 8.58. The number of hydrogen-bond acceptors (Lipinski definition) is 7. The third kappa shape index (κ3) is 3.83. The molecule has 1 aromatic carbocycles. The number of amides is 2. The molecule has 1 unspecified atom stereocenters. The summed E-state index contributed by atoms with van der Waals surface area (Å²) in [7, 11) is 1.73. The lowest BCUT2D eigenvalue weighted by atomic mass is 9.73. The molecule has 1 atom stereocenters. The Morgan fingerprint density at radius 3 is 2.47 bits per heavy atom. The van der Waals surface area contributed by atoms with Crippen molar-refractivity contribution in [3.05, 3.63) is 34.8 Å². The van der Waals surface area contributed by atoms with Gasteiger partial charge >= 0.3 is 0 Å². The molecule has 0 bridgehead atoms. The van der Waals surface area contributed by atoms with Crippen molar-refractivity contribution < 1.29 is 18.8 Å². The lowest BCUT2D eigenvalue weighted by Gasteiger charge is -2.41. The number of carbonyl (C=O) groups is 3. The van der Waals surface area contributed by atoms with Crippen LogP contribution in [0.1, 0.15) is 38.7 Å². The molecule has 1 spiro atoms. The lowest BCUT2D eigenvalue weighted by Crippen LogP contribution is -2.51. The Morgan fingerprint density at radius 1 is 1.08 bits per heavy atom. The first-order valence-corrected chi connectivity index (χ1v) is 13.6. The van der Waals surface area contributed by atoms with Crippen LogP contribution in [0, 0.1) is 11.7 Å². The molecule has 6 rings (SSSR count). The molecule has 1 N–H and O–H groups in total. The highest BCUT2D eigenvalue weighted by Crippen LogP contribution is 2.50. The monoisotopic (exact) mass is 522 g/mol. The highest BCUT2D eigenvalue weighted by atomic mass is 19.1. The Hall–Kier alpha value is -3.27. The number of nitrogens with zero attached hydrogens (tertiary/aromatic N) is 5. The predicted molar refractivity (Wildman–Crippen MR) is 143 cm³/mol. The maximum absolute atomic E-state index is 15.9. The second kappa shape index (κ2) is 9.18. The summed E-state index contributed by atoms with van der Waals surface area (Å²) in [5, 5.41) is 3.29. The number of likely N-dealkylation sites (N-methyl/N-ethyl adjacent to an activating group) is 1. The second-order valence-corrected chi connectivity index (χ2v) is 11.3. The fraction of sp³-hybridized carbons (Fsp3) is 0.571. The SMILES string of the molecule is CC(=O)N1CCN(c2cc(F)c3c(c2)N(C)C(=O)C32CCN(C3=NC4=C(CNCC4C)C(=O)C3)CC2)CC1. The molecule has 5 aliphatic rings. The van der Waals surface area contributed by atoms with Crippen molar-refractivity contribution in [2.24, 2.45) is 10.9 Å². The van der Waals surface area contributed by atoms with Gasteiger partial charge < -0.3 is 24.9 Å². The standard InChI is InChI=1S/C28H35FN6O3/c1-17-15-30-16-20-23(37)14-24(31-26(17)20)35-6-4-28(5-7-35)25-21(29)12-19(13-22(25)32(3)27(28)38)34-10-8-33(9-11-34)18(2)36/h12-13,17,30H,4-11,14-16H2,1-3H3. The quantitative estimate of drug-likeness (QED) is 0.604. The van der Waals surface area contributed by atoms with Crippen LogP contribution in [0.3, 0.4) is 0 Å². The van der Waals surface area contributed by atoms with Crippen LogP contribution < -0.4 is 15.1 Å². The number of fused-ring (bicyclic) bond motifs is 2. The first kappa shape index (κ1) is 25.0. The van der Waals surface area contributed by atoms with Crippen molar-refractivity contribution in [2.45, 2.75) is 38.5 Å². The largest absolute Gasteiger partial charge is 0.368 e. The van der Waals surface area contributed by atoms with E-state index in [4.69, 9.17) is 4.99 Å². The van der Waals surface area contributed by atoms with E-state index in [9.17, 15) is 14.4 Å². The number of piperidine rings is 1. The molecule has 5 heterocycles. The number of aliphatic imine (C=N–C) groups is 1. The molecule has 0 aromatic heterocycles. The third-order valence-electron chi connectivity index (χ3n) is 9.11. The highest BCUT2D eigenvalue weighted by Gasteiger charge is 2.53. The van der Waals surface area contributed by atoms with E-state index in [1.54, 1.807) is 29.8 Å². The Balaban J connectivity index is 1.24. The van der Waals surface area contributed by atoms with Crippen molar-refractivity contribution in [2.75, 3.05) is 69.2 Å². The number of hydrogen-bond donors (Lipinski definition) is 1. The molecule has 2 fully saturated rings. The molecule has 2 amide bonds. The second-order valence-electron chi connectivity index (χ2n) is 11.3. The highest BCUT2D eigenvalue weighted by molar-refractivity contribution is 6.12. The number of likely N-dealkylation sites (tertiary alicyclic amines) is 1. The number of amidine groups is 1. The fourth-order valence-electron chi connectivity index (χ4n) is 6.86. The number of halogens is 1. The van der Waals surface area contributed by atoms with E-state index in [1.165, 1.54) is 0 Å². The summed E-state index contributed by atoms with van der Waals surface area (Å²) >= 11 is 0. The number of benzene rings is 1. The van der Waals surface area contributed by atoms with Gasteiger partial charge in [-0.1, -0.05) is 6.92 Å². The lowest BCUT2D eigenvalue weighted by molar-refractivity contribution is -0.129. The molecule has 202 valence electrons. The van der Waals surface area contributed by atoms with Crippen molar-refractivity contribution in [1.29, 1.82) is 0 Å². The van der Waals surface area contributed by atoms with Crippen LogP contribution in [0.2, 0.25) is 0 Å². The first-order chi connectivity index (χ1) is 18.2. The van der Waals surface area contributed by atoms with Crippen LogP contribution in [0.5, 0.6) is 0 Å². The van der Waals surface area contributed by atoms with Gasteiger partial charge in [-0.15, -0.1) is 0 Å². The van der Waals surface area contributed by atoms with Crippen LogP contribution in [0.15, 0.2) is 28.4 Å². The minimum atomic E-state index is -0.901. The average molecular weight is 523 g/mol. The molecule has 0 radical (unpaired) electrons. The molecular weight excluding hydrogens is 487 g/mol. The Labute approximate surface area is 222 Å². The van der Waals surface area contributed by atoms with Crippen molar-refractivity contribution in [3.8, 4) is 0 Å². The van der Waals surface area contributed by atoms with Gasteiger partial charge in [-0.05, 0) is 25.0 Å². The molecule has 5 aliphatic heterocycles. The summed E-state index contributed by atoms with van der Waals surface area (Å²) in [5.74, 6) is 0.713. The van der Waals surface area contributed by atoms with Gasteiger partial charge in [-0.3, -0.25) is 14.4 Å².